The van der Waals surface area contributed by atoms with Gasteiger partial charge < -0.3 is 0 Å². The summed E-state index contributed by atoms with van der Waals surface area (Å²) in [5, 5.41) is 5.26. The van der Waals surface area contributed by atoms with Crippen molar-refractivity contribution in [2.45, 2.75) is 33.1 Å². The summed E-state index contributed by atoms with van der Waals surface area (Å²) in [5.74, 6) is 0. The van der Waals surface area contributed by atoms with E-state index >= 15 is 0 Å². The van der Waals surface area contributed by atoms with E-state index in [0.717, 1.165) is 19.3 Å². The smallest absolute Gasteiger partial charge is 0.00132 e. The van der Waals surface area contributed by atoms with E-state index in [-0.39, 0.29) is 0 Å². The summed E-state index contributed by atoms with van der Waals surface area (Å²) in [5.41, 5.74) is 20.4. The minimum absolute atomic E-state index is 0.828. The fourth-order valence-electron chi connectivity index (χ4n) is 9.12. The van der Waals surface area contributed by atoms with Crippen molar-refractivity contribution in [3.63, 3.8) is 0 Å². The predicted octanol–water partition coefficient (Wildman–Crippen LogP) is 16.3. The molecule has 0 aromatic heterocycles. The van der Waals surface area contributed by atoms with Gasteiger partial charge >= 0.3 is 0 Å². The summed E-state index contributed by atoms with van der Waals surface area (Å²) in [7, 11) is 0. The molecule has 1 aliphatic rings. The van der Waals surface area contributed by atoms with Gasteiger partial charge in [0.05, 0.1) is 0 Å². The van der Waals surface area contributed by atoms with Gasteiger partial charge in [0.25, 0.3) is 0 Å². The van der Waals surface area contributed by atoms with Crippen LogP contribution in [-0.4, -0.2) is 0 Å². The molecule has 59 heavy (non-hydrogen) atoms. The Balaban J connectivity index is 1.07. The van der Waals surface area contributed by atoms with E-state index in [4.69, 9.17) is 0 Å². The van der Waals surface area contributed by atoms with Crippen LogP contribution >= 0.6 is 0 Å². The van der Waals surface area contributed by atoms with Crippen molar-refractivity contribution in [3.8, 4) is 55.6 Å². The molecule has 0 aliphatic heterocycles. The molecule has 282 valence electrons. The maximum absolute atomic E-state index is 2.50. The van der Waals surface area contributed by atoms with Crippen molar-refractivity contribution >= 4 is 27.1 Å². The van der Waals surface area contributed by atoms with E-state index in [1.54, 1.807) is 0 Å². The van der Waals surface area contributed by atoms with E-state index in [0.29, 0.717) is 0 Å². The van der Waals surface area contributed by atoms with Gasteiger partial charge in [0, 0.05) is 0 Å². The zero-order chi connectivity index (χ0) is 39.7. The van der Waals surface area contributed by atoms with Crippen LogP contribution in [0.5, 0.6) is 0 Å². The predicted molar refractivity (Wildman–Crippen MR) is 254 cm³/mol. The minimum atomic E-state index is 0.828. The first kappa shape index (κ1) is 36.3. The van der Waals surface area contributed by atoms with Gasteiger partial charge in [0.15, 0.2) is 0 Å². The van der Waals surface area contributed by atoms with Gasteiger partial charge in [-0.15, -0.1) is 0 Å². The zero-order valence-electron chi connectivity index (χ0n) is 33.8. The van der Waals surface area contributed by atoms with Crippen molar-refractivity contribution in [1.82, 2.24) is 0 Å². The lowest BCUT2D eigenvalue weighted by Crippen LogP contribution is -1.98. The third kappa shape index (κ3) is 7.13. The Morgan fingerprint density at radius 3 is 1.46 bits per heavy atom. The molecule has 0 bridgehead atoms. The summed E-state index contributed by atoms with van der Waals surface area (Å²) < 4.78 is 0. The highest BCUT2D eigenvalue weighted by Crippen LogP contribution is 2.40. The molecule has 0 N–H and O–H groups in total. The van der Waals surface area contributed by atoms with Gasteiger partial charge in [-0.25, -0.2) is 0 Å². The summed E-state index contributed by atoms with van der Waals surface area (Å²) in [6, 6.07) is 69.6. The molecule has 0 heteroatoms. The molecule has 0 unspecified atom stereocenters. The van der Waals surface area contributed by atoms with E-state index in [9.17, 15) is 0 Å². The molecule has 10 rings (SSSR count). The molecule has 0 fully saturated rings. The Kier molecular flexibility index (Phi) is 9.69. The van der Waals surface area contributed by atoms with Gasteiger partial charge in [-0.2, -0.15) is 0 Å². The molecule has 0 heterocycles. The Morgan fingerprint density at radius 2 is 0.814 bits per heavy atom. The van der Waals surface area contributed by atoms with E-state index < -0.39 is 0 Å². The van der Waals surface area contributed by atoms with Crippen LogP contribution in [0.3, 0.4) is 0 Å². The third-order valence-corrected chi connectivity index (χ3v) is 12.4. The first-order chi connectivity index (χ1) is 29.1. The number of allylic oxidation sites excluding steroid dienone is 4. The number of benzene rings is 9. The summed E-state index contributed by atoms with van der Waals surface area (Å²) in [6.07, 6.45) is 9.95. The summed E-state index contributed by atoms with van der Waals surface area (Å²) in [4.78, 5) is 0. The standard InChI is InChI=1S/C59H46/c1-40-54-35-34-51(48-28-26-45(27-29-48)43-16-8-4-9-17-43)37-56(54)41(2)57-38-53(36-52-20-12-13-21-55(52)49-18-10-5-11-19-49)59(39-58(40)57)50-32-30-47(31-33-50)46-24-22-44(23-25-46)42-14-6-3-7-15-42/h4-6,8-35,37-39H,3,7,36H2,1-2H3. The highest BCUT2D eigenvalue weighted by atomic mass is 14.2. The molecule has 0 amide bonds. The second-order valence-corrected chi connectivity index (χ2v) is 16.0. The Morgan fingerprint density at radius 1 is 0.339 bits per heavy atom. The largest absolute Gasteiger partial charge is 0.0836 e. The highest BCUT2D eigenvalue weighted by Gasteiger charge is 2.17. The maximum atomic E-state index is 2.50. The molecule has 0 saturated carbocycles. The fraction of sp³-hybridized carbons (Fsp3) is 0.0847. The Bertz CT molecular complexity index is 3020. The Labute approximate surface area is 348 Å². The summed E-state index contributed by atoms with van der Waals surface area (Å²) >= 11 is 0. The average Bonchev–Trinajstić information content (AvgIpc) is 3.32. The molecule has 0 atom stereocenters. The SMILES string of the molecule is Cc1c2cc(-c3ccc(-c4ccccc4)cc3)ccc2c(C)c2cc(-c3ccc(-c4ccc(C5=CCCC=C5)cc4)cc3)c(Cc3ccccc3-c3ccccc3)cc12. The van der Waals surface area contributed by atoms with Crippen LogP contribution < -0.4 is 0 Å². The first-order valence-electron chi connectivity index (χ1n) is 20.9. The number of rotatable bonds is 8. The molecular weight excluding hydrogens is 709 g/mol. The van der Waals surface area contributed by atoms with Gasteiger partial charge in [-0.1, -0.05) is 188 Å². The normalized spacial score (nSPS) is 12.5. The number of hydrogen-bond donors (Lipinski definition) is 0. The fourth-order valence-corrected chi connectivity index (χ4v) is 9.12. The number of aryl methyl sites for hydroxylation is 2. The minimum Gasteiger partial charge on any atom is -0.0836 e. The van der Waals surface area contributed by atoms with Gasteiger partial charge in [0.1, 0.15) is 0 Å². The molecule has 0 radical (unpaired) electrons. The second-order valence-electron chi connectivity index (χ2n) is 16.0. The van der Waals surface area contributed by atoms with E-state index in [2.05, 4.69) is 220 Å². The second kappa shape index (κ2) is 15.7. The van der Waals surface area contributed by atoms with E-state index in [1.807, 2.05) is 0 Å². The van der Waals surface area contributed by atoms with Crippen LogP contribution in [0.4, 0.5) is 0 Å². The Hall–Kier alpha value is -7.02. The van der Waals surface area contributed by atoms with Crippen LogP contribution in [0.25, 0.3) is 82.8 Å². The van der Waals surface area contributed by atoms with Crippen molar-refractivity contribution in [2.75, 3.05) is 0 Å². The van der Waals surface area contributed by atoms with Gasteiger partial charge in [0.2, 0.25) is 0 Å². The van der Waals surface area contributed by atoms with Crippen molar-refractivity contribution in [1.29, 1.82) is 0 Å². The lowest BCUT2D eigenvalue weighted by Gasteiger charge is -2.19. The lowest BCUT2D eigenvalue weighted by atomic mass is 9.85. The van der Waals surface area contributed by atoms with Crippen molar-refractivity contribution < 1.29 is 0 Å². The van der Waals surface area contributed by atoms with Crippen LogP contribution in [-0.2, 0) is 6.42 Å². The molecular formula is C59H46. The number of fused-ring (bicyclic) bond motifs is 2. The number of hydrogen-bond acceptors (Lipinski definition) is 0. The van der Waals surface area contributed by atoms with Crippen molar-refractivity contribution in [3.05, 3.63) is 234 Å². The molecule has 0 nitrogen and oxygen atoms in total. The van der Waals surface area contributed by atoms with Crippen LogP contribution in [0.2, 0.25) is 0 Å². The van der Waals surface area contributed by atoms with E-state index in [1.165, 1.54) is 111 Å². The first-order valence-corrected chi connectivity index (χ1v) is 20.9. The zero-order valence-corrected chi connectivity index (χ0v) is 33.8. The lowest BCUT2D eigenvalue weighted by molar-refractivity contribution is 1.04. The quantitative estimate of drug-likeness (QED) is 0.136. The monoisotopic (exact) mass is 754 g/mol. The van der Waals surface area contributed by atoms with Gasteiger partial charge in [-0.05, 0) is 162 Å². The molecule has 1 aliphatic carbocycles. The molecule has 0 spiro atoms. The van der Waals surface area contributed by atoms with Crippen LogP contribution in [0, 0.1) is 13.8 Å². The third-order valence-electron chi connectivity index (χ3n) is 12.4. The van der Waals surface area contributed by atoms with Crippen LogP contribution in [0.15, 0.2) is 206 Å². The molecule has 9 aromatic rings. The molecule has 0 saturated heterocycles. The topological polar surface area (TPSA) is 0 Å². The molecule has 9 aromatic carbocycles. The summed E-state index contributed by atoms with van der Waals surface area (Å²) in [6.45, 7) is 4.62. The maximum Gasteiger partial charge on any atom is -0.00132 e. The highest BCUT2D eigenvalue weighted by molar-refractivity contribution is 6.08. The van der Waals surface area contributed by atoms with Crippen molar-refractivity contribution in [2.24, 2.45) is 0 Å². The van der Waals surface area contributed by atoms with Crippen LogP contribution in [0.1, 0.15) is 40.7 Å². The average molecular weight is 755 g/mol. The van der Waals surface area contributed by atoms with Gasteiger partial charge in [-0.3, -0.25) is 0 Å².